The Balaban J connectivity index is 1.43. The van der Waals surface area contributed by atoms with Gasteiger partial charge in [0.25, 0.3) is 0 Å². The molecule has 5 nitrogen and oxygen atoms in total. The molecule has 1 aliphatic heterocycles. The van der Waals surface area contributed by atoms with E-state index in [1.165, 1.54) is 24.8 Å². The van der Waals surface area contributed by atoms with Crippen LogP contribution in [0.2, 0.25) is 0 Å². The average molecular weight is 352 g/mol. The molecule has 0 radical (unpaired) electrons. The summed E-state index contributed by atoms with van der Waals surface area (Å²) in [5.41, 5.74) is 3.33. The van der Waals surface area contributed by atoms with Crippen molar-refractivity contribution < 1.29 is 4.79 Å². The summed E-state index contributed by atoms with van der Waals surface area (Å²) in [5.74, 6) is 0.859. The highest BCUT2D eigenvalue weighted by atomic mass is 16.2. The van der Waals surface area contributed by atoms with E-state index in [2.05, 4.69) is 27.4 Å². The molecule has 1 N–H and O–H groups in total. The number of hydrogen-bond donors (Lipinski definition) is 1. The molecular weight excluding hydrogens is 324 g/mol. The molecule has 1 saturated carbocycles. The van der Waals surface area contributed by atoms with Gasteiger partial charge in [-0.1, -0.05) is 25.0 Å². The normalized spacial score (nSPS) is 21.3. The monoisotopic (exact) mass is 352 g/mol. The second-order valence-corrected chi connectivity index (χ2v) is 7.70. The SMILES string of the molecule is Cn1ccc(CN2CCCCC[C@@H]2C(=O)Nc2ccc(C3CC3)cc2)n1. The van der Waals surface area contributed by atoms with E-state index in [4.69, 9.17) is 0 Å². The summed E-state index contributed by atoms with van der Waals surface area (Å²) in [6.45, 7) is 1.69. The molecule has 1 aliphatic carbocycles. The van der Waals surface area contributed by atoms with Gasteiger partial charge in [-0.2, -0.15) is 5.10 Å². The van der Waals surface area contributed by atoms with Crippen LogP contribution >= 0.6 is 0 Å². The Morgan fingerprint density at radius 3 is 2.62 bits per heavy atom. The molecule has 5 heteroatoms. The standard InChI is InChI=1S/C21H28N4O/c1-24-14-12-19(23-24)15-25-13-4-2-3-5-20(25)21(26)22-18-10-8-17(9-11-18)16-6-7-16/h8-12,14,16,20H,2-7,13,15H2,1H3,(H,22,26)/t20-/m1/s1. The lowest BCUT2D eigenvalue weighted by Crippen LogP contribution is -2.43. The lowest BCUT2D eigenvalue weighted by Gasteiger charge is -2.28. The maximum atomic E-state index is 13.0. The highest BCUT2D eigenvalue weighted by Crippen LogP contribution is 2.40. The van der Waals surface area contributed by atoms with Crippen LogP contribution in [0, 0.1) is 0 Å². The molecule has 1 aromatic heterocycles. The quantitative estimate of drug-likeness (QED) is 0.893. The highest BCUT2D eigenvalue weighted by molar-refractivity contribution is 5.94. The number of nitrogens with one attached hydrogen (secondary N) is 1. The zero-order valence-corrected chi connectivity index (χ0v) is 15.5. The molecule has 2 aromatic rings. The lowest BCUT2D eigenvalue weighted by molar-refractivity contribution is -0.121. The molecule has 0 unspecified atom stereocenters. The third-order valence-corrected chi connectivity index (χ3v) is 5.53. The van der Waals surface area contributed by atoms with Gasteiger partial charge >= 0.3 is 0 Å². The number of rotatable bonds is 5. The summed E-state index contributed by atoms with van der Waals surface area (Å²) in [6, 6.07) is 10.4. The van der Waals surface area contributed by atoms with Crippen LogP contribution in [0.4, 0.5) is 5.69 Å². The van der Waals surface area contributed by atoms with Gasteiger partial charge in [-0.05, 0) is 61.9 Å². The minimum atomic E-state index is -0.0809. The predicted octanol–water partition coefficient (Wildman–Crippen LogP) is 3.68. The number of nitrogens with zero attached hydrogens (tertiary/aromatic N) is 3. The van der Waals surface area contributed by atoms with E-state index in [1.54, 1.807) is 0 Å². The van der Waals surface area contributed by atoms with Gasteiger partial charge in [-0.3, -0.25) is 14.4 Å². The molecule has 1 atom stereocenters. The smallest absolute Gasteiger partial charge is 0.241 e. The number of carbonyl (C=O) groups is 1. The Kier molecular flexibility index (Phi) is 5.07. The zero-order valence-electron chi connectivity index (χ0n) is 15.5. The van der Waals surface area contributed by atoms with Crippen LogP contribution in [0.25, 0.3) is 0 Å². The number of amides is 1. The van der Waals surface area contributed by atoms with Gasteiger partial charge in [0.15, 0.2) is 0 Å². The Morgan fingerprint density at radius 2 is 1.92 bits per heavy atom. The first-order chi connectivity index (χ1) is 12.7. The van der Waals surface area contributed by atoms with Crippen molar-refractivity contribution >= 4 is 11.6 Å². The minimum Gasteiger partial charge on any atom is -0.325 e. The van der Waals surface area contributed by atoms with Crippen LogP contribution < -0.4 is 5.32 Å². The molecule has 0 spiro atoms. The fourth-order valence-corrected chi connectivity index (χ4v) is 3.89. The minimum absolute atomic E-state index is 0.0809. The second kappa shape index (κ2) is 7.62. The van der Waals surface area contributed by atoms with Crippen molar-refractivity contribution in [2.45, 2.75) is 57.0 Å². The van der Waals surface area contributed by atoms with Crippen LogP contribution in [0.5, 0.6) is 0 Å². The van der Waals surface area contributed by atoms with E-state index in [0.29, 0.717) is 0 Å². The van der Waals surface area contributed by atoms with E-state index in [-0.39, 0.29) is 11.9 Å². The number of anilines is 1. The summed E-state index contributed by atoms with van der Waals surface area (Å²) >= 11 is 0. The number of carbonyl (C=O) groups excluding carboxylic acids is 1. The van der Waals surface area contributed by atoms with Crippen molar-refractivity contribution in [2.24, 2.45) is 7.05 Å². The van der Waals surface area contributed by atoms with Crippen molar-refractivity contribution in [3.63, 3.8) is 0 Å². The summed E-state index contributed by atoms with van der Waals surface area (Å²) in [6.07, 6.45) is 8.93. The largest absolute Gasteiger partial charge is 0.325 e. The van der Waals surface area contributed by atoms with E-state index in [9.17, 15) is 4.79 Å². The van der Waals surface area contributed by atoms with Gasteiger partial charge in [0, 0.05) is 25.5 Å². The first kappa shape index (κ1) is 17.3. The molecule has 2 aliphatic rings. The zero-order chi connectivity index (χ0) is 17.9. The fourth-order valence-electron chi connectivity index (χ4n) is 3.89. The molecule has 2 fully saturated rings. The highest BCUT2D eigenvalue weighted by Gasteiger charge is 2.28. The van der Waals surface area contributed by atoms with Gasteiger partial charge in [-0.25, -0.2) is 0 Å². The van der Waals surface area contributed by atoms with Crippen molar-refractivity contribution in [1.29, 1.82) is 0 Å². The van der Waals surface area contributed by atoms with Crippen LogP contribution in [-0.2, 0) is 18.4 Å². The molecule has 4 rings (SSSR count). The van der Waals surface area contributed by atoms with E-state index in [1.807, 2.05) is 36.1 Å². The van der Waals surface area contributed by atoms with E-state index < -0.39 is 0 Å². The number of hydrogen-bond acceptors (Lipinski definition) is 3. The topological polar surface area (TPSA) is 50.2 Å². The number of benzene rings is 1. The van der Waals surface area contributed by atoms with Crippen LogP contribution in [0.15, 0.2) is 36.5 Å². The fraction of sp³-hybridized carbons (Fsp3) is 0.524. The van der Waals surface area contributed by atoms with Gasteiger partial charge < -0.3 is 5.32 Å². The van der Waals surface area contributed by atoms with Crippen molar-refractivity contribution in [2.75, 3.05) is 11.9 Å². The maximum absolute atomic E-state index is 13.0. The summed E-state index contributed by atoms with van der Waals surface area (Å²) in [7, 11) is 1.93. The number of likely N-dealkylation sites (tertiary alicyclic amines) is 1. The summed E-state index contributed by atoms with van der Waals surface area (Å²) in [4.78, 5) is 15.3. The Labute approximate surface area is 155 Å². The van der Waals surface area contributed by atoms with Crippen LogP contribution in [-0.4, -0.2) is 33.2 Å². The van der Waals surface area contributed by atoms with Crippen molar-refractivity contribution in [3.8, 4) is 0 Å². The third-order valence-electron chi connectivity index (χ3n) is 5.53. The lowest BCUT2D eigenvalue weighted by atomic mass is 10.1. The first-order valence-electron chi connectivity index (χ1n) is 9.82. The average Bonchev–Trinajstić information content (AvgIpc) is 3.43. The van der Waals surface area contributed by atoms with Crippen LogP contribution in [0.1, 0.15) is 55.7 Å². The predicted molar refractivity (Wildman–Crippen MR) is 103 cm³/mol. The van der Waals surface area contributed by atoms with Crippen molar-refractivity contribution in [1.82, 2.24) is 14.7 Å². The van der Waals surface area contributed by atoms with E-state index >= 15 is 0 Å². The summed E-state index contributed by atoms with van der Waals surface area (Å²) in [5, 5.41) is 7.63. The Hall–Kier alpha value is -2.14. The first-order valence-corrected chi connectivity index (χ1v) is 9.82. The number of aryl methyl sites for hydroxylation is 1. The molecular formula is C21H28N4O. The molecule has 2 heterocycles. The molecule has 0 bridgehead atoms. The molecule has 26 heavy (non-hydrogen) atoms. The van der Waals surface area contributed by atoms with Crippen molar-refractivity contribution in [3.05, 3.63) is 47.8 Å². The van der Waals surface area contributed by atoms with Gasteiger partial charge in [0.05, 0.1) is 11.7 Å². The van der Waals surface area contributed by atoms with Crippen LogP contribution in [0.3, 0.4) is 0 Å². The Morgan fingerprint density at radius 1 is 1.12 bits per heavy atom. The molecule has 1 saturated heterocycles. The molecule has 1 aromatic carbocycles. The maximum Gasteiger partial charge on any atom is 0.241 e. The summed E-state index contributed by atoms with van der Waals surface area (Å²) < 4.78 is 1.82. The van der Waals surface area contributed by atoms with Gasteiger partial charge in [0.2, 0.25) is 5.91 Å². The van der Waals surface area contributed by atoms with Gasteiger partial charge in [-0.15, -0.1) is 0 Å². The number of aromatic nitrogens is 2. The third kappa shape index (κ3) is 4.15. The molecule has 138 valence electrons. The van der Waals surface area contributed by atoms with E-state index in [0.717, 1.165) is 49.7 Å². The van der Waals surface area contributed by atoms with Gasteiger partial charge in [0.1, 0.15) is 0 Å². The Bertz CT molecular complexity index is 748. The molecule has 1 amide bonds. The second-order valence-electron chi connectivity index (χ2n) is 7.70.